The molecule has 0 aliphatic carbocycles. The van der Waals surface area contributed by atoms with Gasteiger partial charge in [0.15, 0.2) is 11.5 Å². The van der Waals surface area contributed by atoms with Crippen LogP contribution in [-0.2, 0) is 16.0 Å². The number of nitrogens with one attached hydrogen (secondary N) is 1. The number of amides is 1. The molecule has 0 aromatic heterocycles. The third kappa shape index (κ3) is 4.64. The van der Waals surface area contributed by atoms with Crippen LogP contribution in [0.15, 0.2) is 18.2 Å². The number of carbonyl (C=O) groups is 1. The first-order valence-corrected chi connectivity index (χ1v) is 9.03. The number of benzene rings is 1. The van der Waals surface area contributed by atoms with Gasteiger partial charge in [0.2, 0.25) is 5.91 Å². The zero-order chi connectivity index (χ0) is 17.6. The highest BCUT2D eigenvalue weighted by Crippen LogP contribution is 2.28. The molecular formula is C19H28N2O4. The third-order valence-electron chi connectivity index (χ3n) is 5.08. The maximum Gasteiger partial charge on any atom is 0.220 e. The summed E-state index contributed by atoms with van der Waals surface area (Å²) in [7, 11) is 3.23. The number of hydrogen-bond donors (Lipinski definition) is 1. The standard InChI is InChI=1S/C19H28N2O4/c1-23-17-7-5-14(10-18(17)24-2)6-8-19(22)20-11-16-12-21-9-3-4-15(21)13-25-16/h5,7,10,15-16H,3-4,6,8-9,11-13H2,1-2H3,(H,20,22). The molecule has 2 aliphatic rings. The van der Waals surface area contributed by atoms with Crippen molar-refractivity contribution in [2.45, 2.75) is 37.8 Å². The van der Waals surface area contributed by atoms with Gasteiger partial charge >= 0.3 is 0 Å². The Balaban J connectivity index is 1.41. The molecular weight excluding hydrogens is 320 g/mol. The van der Waals surface area contributed by atoms with Crippen molar-refractivity contribution in [3.05, 3.63) is 23.8 Å². The fourth-order valence-electron chi connectivity index (χ4n) is 3.62. The Morgan fingerprint density at radius 3 is 2.96 bits per heavy atom. The Bertz CT molecular complexity index is 593. The van der Waals surface area contributed by atoms with Crippen LogP contribution in [-0.4, -0.2) is 63.4 Å². The van der Waals surface area contributed by atoms with Crippen LogP contribution in [0, 0.1) is 0 Å². The molecule has 2 heterocycles. The predicted molar refractivity (Wildman–Crippen MR) is 95.2 cm³/mol. The fraction of sp³-hybridized carbons (Fsp3) is 0.632. The highest BCUT2D eigenvalue weighted by Gasteiger charge is 2.32. The van der Waals surface area contributed by atoms with Crippen LogP contribution in [0.4, 0.5) is 0 Å². The monoisotopic (exact) mass is 348 g/mol. The lowest BCUT2D eigenvalue weighted by Crippen LogP contribution is -2.50. The van der Waals surface area contributed by atoms with E-state index in [1.165, 1.54) is 12.8 Å². The molecule has 1 amide bonds. The molecule has 3 rings (SSSR count). The smallest absolute Gasteiger partial charge is 0.220 e. The van der Waals surface area contributed by atoms with Gasteiger partial charge in [0, 0.05) is 25.6 Å². The minimum atomic E-state index is 0.0573. The van der Waals surface area contributed by atoms with Gasteiger partial charge < -0.3 is 19.5 Å². The predicted octanol–water partition coefficient (Wildman–Crippen LogP) is 1.62. The van der Waals surface area contributed by atoms with Gasteiger partial charge in [-0.3, -0.25) is 9.69 Å². The van der Waals surface area contributed by atoms with Crippen molar-refractivity contribution in [1.82, 2.24) is 10.2 Å². The van der Waals surface area contributed by atoms with Crippen molar-refractivity contribution in [3.8, 4) is 11.5 Å². The average molecular weight is 348 g/mol. The van der Waals surface area contributed by atoms with E-state index >= 15 is 0 Å². The Labute approximate surface area is 149 Å². The van der Waals surface area contributed by atoms with Gasteiger partial charge in [0.05, 0.1) is 26.9 Å². The lowest BCUT2D eigenvalue weighted by molar-refractivity contribution is -0.122. The van der Waals surface area contributed by atoms with E-state index in [-0.39, 0.29) is 12.0 Å². The van der Waals surface area contributed by atoms with E-state index in [0.29, 0.717) is 36.9 Å². The number of fused-ring (bicyclic) bond motifs is 1. The van der Waals surface area contributed by atoms with Gasteiger partial charge in [0.1, 0.15) is 0 Å². The first-order valence-electron chi connectivity index (χ1n) is 9.03. The molecule has 2 unspecified atom stereocenters. The molecule has 1 N–H and O–H groups in total. The van der Waals surface area contributed by atoms with E-state index in [2.05, 4.69) is 10.2 Å². The SMILES string of the molecule is COc1ccc(CCC(=O)NCC2CN3CCCC3CO2)cc1OC. The van der Waals surface area contributed by atoms with Crippen molar-refractivity contribution in [2.75, 3.05) is 40.5 Å². The molecule has 0 saturated carbocycles. The molecule has 2 fully saturated rings. The van der Waals surface area contributed by atoms with E-state index in [4.69, 9.17) is 14.2 Å². The molecule has 138 valence electrons. The number of rotatable bonds is 7. The molecule has 25 heavy (non-hydrogen) atoms. The van der Waals surface area contributed by atoms with E-state index < -0.39 is 0 Å². The Hall–Kier alpha value is -1.79. The first-order chi connectivity index (χ1) is 12.2. The van der Waals surface area contributed by atoms with Crippen molar-refractivity contribution in [2.24, 2.45) is 0 Å². The number of nitrogens with zero attached hydrogens (tertiary/aromatic N) is 1. The topological polar surface area (TPSA) is 60.0 Å². The van der Waals surface area contributed by atoms with Gasteiger partial charge in [0.25, 0.3) is 0 Å². The van der Waals surface area contributed by atoms with Gasteiger partial charge in [-0.1, -0.05) is 6.07 Å². The minimum Gasteiger partial charge on any atom is -0.493 e. The van der Waals surface area contributed by atoms with Crippen molar-refractivity contribution >= 4 is 5.91 Å². The van der Waals surface area contributed by atoms with Crippen LogP contribution in [0.25, 0.3) is 0 Å². The summed E-state index contributed by atoms with van der Waals surface area (Å²) in [6.45, 7) is 3.48. The third-order valence-corrected chi connectivity index (χ3v) is 5.08. The number of ether oxygens (including phenoxy) is 3. The van der Waals surface area contributed by atoms with Crippen LogP contribution in [0.1, 0.15) is 24.8 Å². The molecule has 1 aromatic carbocycles. The Morgan fingerprint density at radius 2 is 2.16 bits per heavy atom. The summed E-state index contributed by atoms with van der Waals surface area (Å²) in [5.74, 6) is 1.45. The molecule has 2 saturated heterocycles. The second-order valence-corrected chi connectivity index (χ2v) is 6.74. The zero-order valence-corrected chi connectivity index (χ0v) is 15.1. The van der Waals surface area contributed by atoms with E-state index in [0.717, 1.165) is 25.3 Å². The number of carbonyl (C=O) groups excluding carboxylic acids is 1. The van der Waals surface area contributed by atoms with E-state index in [1.807, 2.05) is 18.2 Å². The van der Waals surface area contributed by atoms with Gasteiger partial charge in [-0.2, -0.15) is 0 Å². The average Bonchev–Trinajstić information content (AvgIpc) is 3.12. The second-order valence-electron chi connectivity index (χ2n) is 6.74. The summed E-state index contributed by atoms with van der Waals surface area (Å²) in [6, 6.07) is 6.35. The van der Waals surface area contributed by atoms with Crippen LogP contribution in [0.5, 0.6) is 11.5 Å². The molecule has 6 nitrogen and oxygen atoms in total. The maximum atomic E-state index is 12.1. The molecule has 0 bridgehead atoms. The van der Waals surface area contributed by atoms with E-state index in [9.17, 15) is 4.79 Å². The lowest BCUT2D eigenvalue weighted by atomic mass is 10.1. The van der Waals surface area contributed by atoms with Gasteiger partial charge in [-0.05, 0) is 43.5 Å². The highest BCUT2D eigenvalue weighted by atomic mass is 16.5. The first kappa shape index (κ1) is 18.0. The summed E-state index contributed by atoms with van der Waals surface area (Å²) in [5.41, 5.74) is 1.06. The summed E-state index contributed by atoms with van der Waals surface area (Å²) in [5, 5.41) is 3.01. The van der Waals surface area contributed by atoms with Crippen molar-refractivity contribution in [3.63, 3.8) is 0 Å². The van der Waals surface area contributed by atoms with Crippen LogP contribution in [0.3, 0.4) is 0 Å². The zero-order valence-electron chi connectivity index (χ0n) is 15.1. The van der Waals surface area contributed by atoms with Gasteiger partial charge in [-0.15, -0.1) is 0 Å². The molecule has 0 spiro atoms. The quantitative estimate of drug-likeness (QED) is 0.811. The van der Waals surface area contributed by atoms with E-state index in [1.54, 1.807) is 14.2 Å². The summed E-state index contributed by atoms with van der Waals surface area (Å²) < 4.78 is 16.4. The number of hydrogen-bond acceptors (Lipinski definition) is 5. The molecule has 1 aromatic rings. The summed E-state index contributed by atoms with van der Waals surface area (Å²) >= 11 is 0. The Morgan fingerprint density at radius 1 is 1.32 bits per heavy atom. The Kier molecular flexibility index (Phi) is 6.15. The molecule has 6 heteroatoms. The largest absolute Gasteiger partial charge is 0.493 e. The lowest BCUT2D eigenvalue weighted by Gasteiger charge is -2.35. The number of morpholine rings is 1. The van der Waals surface area contributed by atoms with Crippen LogP contribution < -0.4 is 14.8 Å². The van der Waals surface area contributed by atoms with Gasteiger partial charge in [-0.25, -0.2) is 0 Å². The summed E-state index contributed by atoms with van der Waals surface area (Å²) in [6.07, 6.45) is 3.74. The number of aryl methyl sites for hydroxylation is 1. The molecule has 0 radical (unpaired) electrons. The maximum absolute atomic E-state index is 12.1. The minimum absolute atomic E-state index is 0.0573. The summed E-state index contributed by atoms with van der Waals surface area (Å²) in [4.78, 5) is 14.6. The van der Waals surface area contributed by atoms with Crippen LogP contribution >= 0.6 is 0 Å². The highest BCUT2D eigenvalue weighted by molar-refractivity contribution is 5.76. The molecule has 2 aliphatic heterocycles. The normalized spacial score (nSPS) is 23.1. The fourth-order valence-corrected chi connectivity index (χ4v) is 3.62. The molecule has 2 atom stereocenters. The second kappa shape index (κ2) is 8.54. The number of methoxy groups -OCH3 is 2. The van der Waals surface area contributed by atoms with Crippen LogP contribution in [0.2, 0.25) is 0 Å². The van der Waals surface area contributed by atoms with Crippen molar-refractivity contribution in [1.29, 1.82) is 0 Å². The van der Waals surface area contributed by atoms with Crippen molar-refractivity contribution < 1.29 is 19.0 Å².